The van der Waals surface area contributed by atoms with Crippen LogP contribution < -0.4 is 4.74 Å². The summed E-state index contributed by atoms with van der Waals surface area (Å²) in [5.41, 5.74) is 2.99. The van der Waals surface area contributed by atoms with Crippen molar-refractivity contribution in [2.45, 2.75) is 0 Å². The Kier molecular flexibility index (Phi) is 5.54. The maximum atomic E-state index is 12.1. The summed E-state index contributed by atoms with van der Waals surface area (Å²) in [6.45, 7) is 2.34. The Morgan fingerprint density at radius 3 is 2.69 bits per heavy atom. The number of imidazole rings is 1. The molecule has 1 N–H and O–H groups in total. The van der Waals surface area contributed by atoms with Gasteiger partial charge in [0.05, 0.1) is 29.8 Å². The van der Waals surface area contributed by atoms with Gasteiger partial charge in [-0.1, -0.05) is 24.3 Å². The van der Waals surface area contributed by atoms with Crippen molar-refractivity contribution in [1.82, 2.24) is 14.9 Å². The van der Waals surface area contributed by atoms with Crippen molar-refractivity contribution in [2.75, 3.05) is 32.9 Å². The molecule has 2 aromatic carbocycles. The fourth-order valence-electron chi connectivity index (χ4n) is 3.11. The number of morpholine rings is 1. The van der Waals surface area contributed by atoms with Gasteiger partial charge in [-0.2, -0.15) is 5.26 Å². The number of H-pyrrole nitrogens is 1. The minimum Gasteiger partial charge on any atom is -0.484 e. The van der Waals surface area contributed by atoms with E-state index < -0.39 is 0 Å². The number of aromatic nitrogens is 2. The fraction of sp³-hybridized carbons (Fsp3) is 0.227. The molecule has 0 bridgehead atoms. The first kappa shape index (κ1) is 18.7. The van der Waals surface area contributed by atoms with E-state index in [1.165, 1.54) is 0 Å². The van der Waals surface area contributed by atoms with Crippen molar-refractivity contribution < 1.29 is 14.3 Å². The number of hydrogen-bond donors (Lipinski definition) is 1. The van der Waals surface area contributed by atoms with Crippen molar-refractivity contribution in [2.24, 2.45) is 0 Å². The highest BCUT2D eigenvalue weighted by Crippen LogP contribution is 2.20. The number of benzene rings is 2. The summed E-state index contributed by atoms with van der Waals surface area (Å²) in [4.78, 5) is 21.5. The zero-order chi connectivity index (χ0) is 20.1. The maximum absolute atomic E-state index is 12.1. The van der Waals surface area contributed by atoms with Crippen LogP contribution in [0.15, 0.2) is 48.5 Å². The van der Waals surface area contributed by atoms with Gasteiger partial charge in [0.25, 0.3) is 5.91 Å². The van der Waals surface area contributed by atoms with Gasteiger partial charge in [0.2, 0.25) is 0 Å². The minimum absolute atomic E-state index is 0.00237. The smallest absolute Gasteiger partial charge is 0.260 e. The Bertz CT molecular complexity index is 1040. The number of hydrogen-bond acceptors (Lipinski definition) is 5. The molecule has 1 aliphatic rings. The van der Waals surface area contributed by atoms with Crippen molar-refractivity contribution >= 4 is 28.6 Å². The molecule has 1 fully saturated rings. The summed E-state index contributed by atoms with van der Waals surface area (Å²) in [5.74, 6) is 1.09. The van der Waals surface area contributed by atoms with Gasteiger partial charge in [-0.05, 0) is 35.9 Å². The molecule has 1 saturated heterocycles. The third kappa shape index (κ3) is 4.45. The van der Waals surface area contributed by atoms with Crippen LogP contribution in [0.5, 0.6) is 5.75 Å². The van der Waals surface area contributed by atoms with Crippen LogP contribution in [0, 0.1) is 11.3 Å². The Morgan fingerprint density at radius 1 is 1.21 bits per heavy atom. The molecule has 7 nitrogen and oxygen atoms in total. The van der Waals surface area contributed by atoms with Crippen LogP contribution in [0.3, 0.4) is 0 Å². The SMILES string of the molecule is N#CC(=Cc1ccc(OCC(=O)N2CCOCC2)cc1)c1nc2ccccc2[nH]1. The van der Waals surface area contributed by atoms with Gasteiger partial charge in [-0.25, -0.2) is 4.98 Å². The zero-order valence-corrected chi connectivity index (χ0v) is 15.8. The fourth-order valence-corrected chi connectivity index (χ4v) is 3.11. The number of rotatable bonds is 5. The molecule has 0 radical (unpaired) electrons. The van der Waals surface area contributed by atoms with Crippen LogP contribution in [0.25, 0.3) is 22.7 Å². The van der Waals surface area contributed by atoms with E-state index in [-0.39, 0.29) is 12.5 Å². The second-order valence-corrected chi connectivity index (χ2v) is 6.62. The second-order valence-electron chi connectivity index (χ2n) is 6.62. The van der Waals surface area contributed by atoms with E-state index in [0.29, 0.717) is 43.5 Å². The molecule has 0 atom stereocenters. The van der Waals surface area contributed by atoms with Crippen molar-refractivity contribution in [3.05, 3.63) is 59.9 Å². The van der Waals surface area contributed by atoms with Crippen LogP contribution >= 0.6 is 0 Å². The van der Waals surface area contributed by atoms with Crippen LogP contribution in [-0.4, -0.2) is 53.7 Å². The van der Waals surface area contributed by atoms with E-state index in [4.69, 9.17) is 9.47 Å². The van der Waals surface area contributed by atoms with Gasteiger partial charge >= 0.3 is 0 Å². The van der Waals surface area contributed by atoms with E-state index in [1.54, 1.807) is 23.1 Å². The van der Waals surface area contributed by atoms with Gasteiger partial charge in [-0.15, -0.1) is 0 Å². The lowest BCUT2D eigenvalue weighted by Gasteiger charge is -2.26. The van der Waals surface area contributed by atoms with Crippen LogP contribution in [-0.2, 0) is 9.53 Å². The van der Waals surface area contributed by atoms with E-state index in [2.05, 4.69) is 16.0 Å². The van der Waals surface area contributed by atoms with E-state index in [1.807, 2.05) is 36.4 Å². The number of allylic oxidation sites excluding steroid dienone is 1. The predicted molar refractivity (Wildman–Crippen MR) is 109 cm³/mol. The van der Waals surface area contributed by atoms with Gasteiger partial charge < -0.3 is 19.4 Å². The number of ether oxygens (including phenoxy) is 2. The highest BCUT2D eigenvalue weighted by molar-refractivity contribution is 5.90. The lowest BCUT2D eigenvalue weighted by Crippen LogP contribution is -2.42. The molecule has 1 aromatic heterocycles. The van der Waals surface area contributed by atoms with Crippen LogP contribution in [0.2, 0.25) is 0 Å². The largest absolute Gasteiger partial charge is 0.484 e. The molecule has 0 saturated carbocycles. The number of para-hydroxylation sites is 2. The third-order valence-electron chi connectivity index (χ3n) is 4.68. The topological polar surface area (TPSA) is 91.2 Å². The van der Waals surface area contributed by atoms with Crippen LogP contribution in [0.1, 0.15) is 11.4 Å². The molecule has 29 heavy (non-hydrogen) atoms. The lowest BCUT2D eigenvalue weighted by atomic mass is 10.1. The summed E-state index contributed by atoms with van der Waals surface area (Å²) in [6.07, 6.45) is 1.76. The highest BCUT2D eigenvalue weighted by Gasteiger charge is 2.17. The number of fused-ring (bicyclic) bond motifs is 1. The number of nitriles is 1. The molecule has 1 amide bonds. The normalized spacial score (nSPS) is 14.6. The van der Waals surface area contributed by atoms with Crippen LogP contribution in [0.4, 0.5) is 0 Å². The molecule has 146 valence electrons. The highest BCUT2D eigenvalue weighted by atomic mass is 16.5. The lowest BCUT2D eigenvalue weighted by molar-refractivity contribution is -0.137. The summed E-state index contributed by atoms with van der Waals surface area (Å²) < 4.78 is 10.8. The summed E-state index contributed by atoms with van der Waals surface area (Å²) in [7, 11) is 0. The van der Waals surface area contributed by atoms with Gasteiger partial charge in [0, 0.05) is 13.1 Å². The molecular weight excluding hydrogens is 368 g/mol. The maximum Gasteiger partial charge on any atom is 0.260 e. The molecule has 7 heteroatoms. The first-order valence-corrected chi connectivity index (χ1v) is 9.38. The van der Waals surface area contributed by atoms with E-state index in [9.17, 15) is 10.1 Å². The Hall–Kier alpha value is -3.63. The van der Waals surface area contributed by atoms with Gasteiger partial charge in [-0.3, -0.25) is 4.79 Å². The monoisotopic (exact) mass is 388 g/mol. The number of carbonyl (C=O) groups excluding carboxylic acids is 1. The first-order valence-electron chi connectivity index (χ1n) is 9.38. The molecule has 0 unspecified atom stereocenters. The molecule has 2 heterocycles. The molecule has 3 aromatic rings. The number of amides is 1. The molecule has 4 rings (SSSR count). The second kappa shape index (κ2) is 8.59. The molecule has 1 aliphatic heterocycles. The zero-order valence-electron chi connectivity index (χ0n) is 15.8. The average molecular weight is 388 g/mol. The number of aromatic amines is 1. The predicted octanol–water partition coefficient (Wildman–Crippen LogP) is 2.86. The number of nitrogens with zero attached hydrogens (tertiary/aromatic N) is 3. The molecule has 0 spiro atoms. The third-order valence-corrected chi connectivity index (χ3v) is 4.68. The summed E-state index contributed by atoms with van der Waals surface area (Å²) in [6, 6.07) is 17.1. The Labute approximate surface area is 168 Å². The Morgan fingerprint density at radius 2 is 1.97 bits per heavy atom. The van der Waals surface area contributed by atoms with Crippen molar-refractivity contribution in [3.63, 3.8) is 0 Å². The number of nitrogens with one attached hydrogen (secondary N) is 1. The minimum atomic E-state index is -0.0473. The standard InChI is InChI=1S/C22H20N4O3/c23-14-17(22-24-19-3-1-2-4-20(19)25-22)13-16-5-7-18(8-6-16)29-15-21(27)26-9-11-28-12-10-26/h1-8,13H,9-12,15H2,(H,24,25). The summed E-state index contributed by atoms with van der Waals surface area (Å²) in [5, 5.41) is 9.54. The first-order chi connectivity index (χ1) is 14.2. The van der Waals surface area contributed by atoms with E-state index >= 15 is 0 Å². The van der Waals surface area contributed by atoms with E-state index in [0.717, 1.165) is 16.6 Å². The Balaban J connectivity index is 1.42. The molecule has 0 aliphatic carbocycles. The molecular formula is C22H20N4O3. The van der Waals surface area contributed by atoms with Crippen molar-refractivity contribution in [3.8, 4) is 11.8 Å². The quantitative estimate of drug-likeness (QED) is 0.679. The summed E-state index contributed by atoms with van der Waals surface area (Å²) >= 11 is 0. The van der Waals surface area contributed by atoms with Gasteiger partial charge in [0.15, 0.2) is 6.61 Å². The average Bonchev–Trinajstić information content (AvgIpc) is 3.21. The van der Waals surface area contributed by atoms with Gasteiger partial charge in [0.1, 0.15) is 17.6 Å². The van der Waals surface area contributed by atoms with Crippen molar-refractivity contribution in [1.29, 1.82) is 5.26 Å². The number of carbonyl (C=O) groups is 1.